The Morgan fingerprint density at radius 1 is 1.38 bits per heavy atom. The van der Waals surface area contributed by atoms with Crippen LogP contribution < -0.4 is 10.2 Å². The van der Waals surface area contributed by atoms with E-state index < -0.39 is 0 Å². The van der Waals surface area contributed by atoms with Crippen molar-refractivity contribution in [3.05, 3.63) is 22.3 Å². The molecule has 8 heteroatoms. The van der Waals surface area contributed by atoms with Crippen LogP contribution in [0.25, 0.3) is 0 Å². The van der Waals surface area contributed by atoms with Crippen LogP contribution in [-0.4, -0.2) is 56.1 Å². The number of aromatic nitrogens is 1. The summed E-state index contributed by atoms with van der Waals surface area (Å²) in [6.45, 7) is 5.85. The number of hydrogen-bond acceptors (Lipinski definition) is 4. The first kappa shape index (κ1) is 23.4. The summed E-state index contributed by atoms with van der Waals surface area (Å²) in [6, 6.07) is 1.87. The van der Waals surface area contributed by atoms with Crippen LogP contribution in [0.1, 0.15) is 30.1 Å². The molecule has 1 aliphatic rings. The number of nitrogens with one attached hydrogen (secondary N) is 1. The molecule has 1 amide bonds. The second kappa shape index (κ2) is 11.1. The second-order valence-electron chi connectivity index (χ2n) is 5.96. The Morgan fingerprint density at radius 3 is 2.54 bits per heavy atom. The summed E-state index contributed by atoms with van der Waals surface area (Å²) in [5.74, 6) is 1.49. The quantitative estimate of drug-likeness (QED) is 0.761. The maximum Gasteiger partial charge on any atom is 0.257 e. The van der Waals surface area contributed by atoms with Crippen molar-refractivity contribution in [3.63, 3.8) is 0 Å². The SMILES string of the molecule is CCNCC1CCN(C(=O)c2cc(Br)cnc2N(C)C)CC1.Cl.Cl. The molecule has 1 fully saturated rings. The van der Waals surface area contributed by atoms with Crippen molar-refractivity contribution >= 4 is 52.5 Å². The average Bonchev–Trinajstić information content (AvgIpc) is 2.52. The van der Waals surface area contributed by atoms with Gasteiger partial charge < -0.3 is 15.1 Å². The molecule has 0 aromatic carbocycles. The van der Waals surface area contributed by atoms with Crippen molar-refractivity contribution < 1.29 is 4.79 Å². The molecule has 0 radical (unpaired) electrons. The summed E-state index contributed by atoms with van der Waals surface area (Å²) < 4.78 is 0.837. The summed E-state index contributed by atoms with van der Waals surface area (Å²) in [5.41, 5.74) is 0.671. The molecule has 1 aromatic rings. The van der Waals surface area contributed by atoms with E-state index in [0.717, 1.165) is 49.3 Å². The Labute approximate surface area is 165 Å². The summed E-state index contributed by atoms with van der Waals surface area (Å²) in [7, 11) is 3.82. The van der Waals surface area contributed by atoms with Gasteiger partial charge >= 0.3 is 0 Å². The number of hydrogen-bond donors (Lipinski definition) is 1. The topological polar surface area (TPSA) is 48.5 Å². The third-order valence-corrected chi connectivity index (χ3v) is 4.51. The highest BCUT2D eigenvalue weighted by Gasteiger charge is 2.26. The molecule has 1 aromatic heterocycles. The van der Waals surface area contributed by atoms with Gasteiger partial charge in [-0.25, -0.2) is 4.98 Å². The molecular formula is C16H27BrCl2N4O. The largest absolute Gasteiger partial charge is 0.362 e. The first-order valence-corrected chi connectivity index (χ1v) is 8.65. The lowest BCUT2D eigenvalue weighted by Gasteiger charge is -2.32. The number of carbonyl (C=O) groups is 1. The van der Waals surface area contributed by atoms with E-state index >= 15 is 0 Å². The van der Waals surface area contributed by atoms with Crippen LogP contribution in [0, 0.1) is 5.92 Å². The zero-order chi connectivity index (χ0) is 16.1. The minimum atomic E-state index is 0. The third kappa shape index (κ3) is 6.06. The van der Waals surface area contributed by atoms with E-state index in [1.807, 2.05) is 30.0 Å². The minimum Gasteiger partial charge on any atom is -0.362 e. The number of piperidine rings is 1. The number of rotatable bonds is 5. The van der Waals surface area contributed by atoms with Gasteiger partial charge in [-0.1, -0.05) is 6.92 Å². The number of likely N-dealkylation sites (tertiary alicyclic amines) is 1. The van der Waals surface area contributed by atoms with E-state index in [2.05, 4.69) is 33.2 Å². The monoisotopic (exact) mass is 440 g/mol. The van der Waals surface area contributed by atoms with Gasteiger partial charge in [-0.05, 0) is 53.8 Å². The van der Waals surface area contributed by atoms with E-state index in [-0.39, 0.29) is 30.7 Å². The summed E-state index contributed by atoms with van der Waals surface area (Å²) in [4.78, 5) is 21.0. The Morgan fingerprint density at radius 2 is 2.00 bits per heavy atom. The molecule has 0 unspecified atom stereocenters. The number of anilines is 1. The third-order valence-electron chi connectivity index (χ3n) is 4.07. The molecule has 24 heavy (non-hydrogen) atoms. The number of nitrogens with zero attached hydrogens (tertiary/aromatic N) is 3. The van der Waals surface area contributed by atoms with Gasteiger partial charge in [0.2, 0.25) is 0 Å². The highest BCUT2D eigenvalue weighted by Crippen LogP contribution is 2.24. The van der Waals surface area contributed by atoms with E-state index in [9.17, 15) is 4.79 Å². The highest BCUT2D eigenvalue weighted by atomic mass is 79.9. The smallest absolute Gasteiger partial charge is 0.257 e. The second-order valence-corrected chi connectivity index (χ2v) is 6.88. The fraction of sp³-hybridized carbons (Fsp3) is 0.625. The Hall–Kier alpha value is -0.560. The van der Waals surface area contributed by atoms with Crippen molar-refractivity contribution in [2.75, 3.05) is 45.2 Å². The van der Waals surface area contributed by atoms with Crippen LogP contribution in [0.3, 0.4) is 0 Å². The number of halogens is 3. The Bertz CT molecular complexity index is 523. The lowest BCUT2D eigenvalue weighted by molar-refractivity contribution is 0.0690. The standard InChI is InChI=1S/C16H25BrN4O.2ClH/c1-4-18-10-12-5-7-21(8-6-12)16(22)14-9-13(17)11-19-15(14)20(2)3;;/h9,11-12,18H,4-8,10H2,1-3H3;2*1H. The number of pyridine rings is 1. The van der Waals surface area contributed by atoms with Gasteiger partial charge in [-0.15, -0.1) is 24.8 Å². The van der Waals surface area contributed by atoms with Crippen LogP contribution >= 0.6 is 40.7 Å². The van der Waals surface area contributed by atoms with Gasteiger partial charge in [-0.2, -0.15) is 0 Å². The molecule has 1 aliphatic heterocycles. The zero-order valence-corrected chi connectivity index (χ0v) is 17.6. The van der Waals surface area contributed by atoms with Crippen molar-refractivity contribution in [1.29, 1.82) is 0 Å². The van der Waals surface area contributed by atoms with Gasteiger partial charge in [0.1, 0.15) is 5.82 Å². The Balaban J connectivity index is 0.00000264. The Kier molecular flexibility index (Phi) is 10.9. The summed E-state index contributed by atoms with van der Waals surface area (Å²) in [5, 5.41) is 3.40. The molecule has 0 saturated carbocycles. The maximum atomic E-state index is 12.8. The normalized spacial score (nSPS) is 14.6. The molecular weight excluding hydrogens is 415 g/mol. The molecule has 0 aliphatic carbocycles. The van der Waals surface area contributed by atoms with Gasteiger partial charge in [0.25, 0.3) is 5.91 Å². The first-order valence-electron chi connectivity index (χ1n) is 7.85. The highest BCUT2D eigenvalue weighted by molar-refractivity contribution is 9.10. The summed E-state index contributed by atoms with van der Waals surface area (Å²) >= 11 is 3.42. The fourth-order valence-corrected chi connectivity index (χ4v) is 3.14. The van der Waals surface area contributed by atoms with Crippen LogP contribution in [0.5, 0.6) is 0 Å². The lowest BCUT2D eigenvalue weighted by atomic mass is 9.96. The van der Waals surface area contributed by atoms with Crippen LogP contribution in [0.4, 0.5) is 5.82 Å². The van der Waals surface area contributed by atoms with Gasteiger partial charge in [0.05, 0.1) is 5.56 Å². The van der Waals surface area contributed by atoms with E-state index in [1.165, 1.54) is 0 Å². The van der Waals surface area contributed by atoms with Crippen molar-refractivity contribution in [3.8, 4) is 0 Å². The molecule has 0 spiro atoms. The van der Waals surface area contributed by atoms with Gasteiger partial charge in [0.15, 0.2) is 0 Å². The molecule has 0 atom stereocenters. The predicted octanol–water partition coefficient (Wildman–Crippen LogP) is 3.22. The number of amides is 1. The summed E-state index contributed by atoms with van der Waals surface area (Å²) in [6.07, 6.45) is 3.86. The minimum absolute atomic E-state index is 0. The molecule has 2 rings (SSSR count). The molecule has 1 saturated heterocycles. The molecule has 1 N–H and O–H groups in total. The van der Waals surface area contributed by atoms with Crippen LogP contribution in [0.2, 0.25) is 0 Å². The molecule has 5 nitrogen and oxygen atoms in total. The predicted molar refractivity (Wildman–Crippen MR) is 108 cm³/mol. The zero-order valence-electron chi connectivity index (χ0n) is 14.4. The molecule has 138 valence electrons. The number of carbonyl (C=O) groups excluding carboxylic acids is 1. The van der Waals surface area contributed by atoms with Crippen LogP contribution in [0.15, 0.2) is 16.7 Å². The van der Waals surface area contributed by atoms with Crippen molar-refractivity contribution in [1.82, 2.24) is 15.2 Å². The van der Waals surface area contributed by atoms with Gasteiger partial charge in [-0.3, -0.25) is 4.79 Å². The molecule has 0 bridgehead atoms. The van der Waals surface area contributed by atoms with Crippen molar-refractivity contribution in [2.24, 2.45) is 5.92 Å². The lowest BCUT2D eigenvalue weighted by Crippen LogP contribution is -2.41. The van der Waals surface area contributed by atoms with Gasteiger partial charge in [0, 0.05) is 37.9 Å². The van der Waals surface area contributed by atoms with E-state index in [0.29, 0.717) is 11.5 Å². The van der Waals surface area contributed by atoms with Crippen LogP contribution in [-0.2, 0) is 0 Å². The van der Waals surface area contributed by atoms with E-state index in [4.69, 9.17) is 0 Å². The first-order chi connectivity index (χ1) is 10.5. The van der Waals surface area contributed by atoms with Crippen molar-refractivity contribution in [2.45, 2.75) is 19.8 Å². The fourth-order valence-electron chi connectivity index (χ4n) is 2.80. The maximum absolute atomic E-state index is 12.8. The van der Waals surface area contributed by atoms with E-state index in [1.54, 1.807) is 6.20 Å². The average molecular weight is 442 g/mol. The molecule has 2 heterocycles.